The van der Waals surface area contributed by atoms with Gasteiger partial charge in [0.25, 0.3) is 0 Å². The zero-order valence-corrected chi connectivity index (χ0v) is 11.2. The van der Waals surface area contributed by atoms with E-state index >= 15 is 0 Å². The van der Waals surface area contributed by atoms with E-state index in [1.165, 1.54) is 11.0 Å². The second-order valence-corrected chi connectivity index (χ2v) is 4.13. The van der Waals surface area contributed by atoms with Gasteiger partial charge in [0, 0.05) is 19.2 Å². The summed E-state index contributed by atoms with van der Waals surface area (Å²) in [6.07, 6.45) is 2.99. The molecule has 0 saturated carbocycles. The Hall–Kier alpha value is -2.61. The molecule has 0 heterocycles. The van der Waals surface area contributed by atoms with Crippen molar-refractivity contribution in [3.63, 3.8) is 0 Å². The van der Waals surface area contributed by atoms with Crippen molar-refractivity contribution in [3.8, 4) is 6.07 Å². The predicted molar refractivity (Wildman–Crippen MR) is 74.7 cm³/mol. The molecule has 0 fully saturated rings. The number of aliphatic carboxylic acids is 1. The van der Waals surface area contributed by atoms with Gasteiger partial charge in [0.1, 0.15) is 0 Å². The van der Waals surface area contributed by atoms with Crippen LogP contribution in [0, 0.1) is 11.3 Å². The zero-order valence-electron chi connectivity index (χ0n) is 11.2. The van der Waals surface area contributed by atoms with Crippen LogP contribution in [0.25, 0.3) is 6.08 Å². The predicted octanol–water partition coefficient (Wildman–Crippen LogP) is 1.89. The normalized spacial score (nSPS) is 10.2. The van der Waals surface area contributed by atoms with E-state index in [2.05, 4.69) is 0 Å². The molecule has 20 heavy (non-hydrogen) atoms. The molecule has 0 saturated heterocycles. The second-order valence-electron chi connectivity index (χ2n) is 4.13. The summed E-state index contributed by atoms with van der Waals surface area (Å²) in [6, 6.07) is 8.86. The lowest BCUT2D eigenvalue weighted by molar-refractivity contribution is -0.137. The lowest BCUT2D eigenvalue weighted by Crippen LogP contribution is -2.31. The van der Waals surface area contributed by atoms with Gasteiger partial charge >= 0.3 is 5.97 Å². The van der Waals surface area contributed by atoms with Crippen molar-refractivity contribution >= 4 is 18.0 Å². The van der Waals surface area contributed by atoms with E-state index in [0.29, 0.717) is 12.1 Å². The second kappa shape index (κ2) is 7.74. The summed E-state index contributed by atoms with van der Waals surface area (Å²) in [5, 5.41) is 17.3. The Bertz CT molecular complexity index is 541. The number of nitriles is 1. The molecule has 104 valence electrons. The van der Waals surface area contributed by atoms with Crippen LogP contribution in [0.1, 0.15) is 24.5 Å². The number of carbonyl (C=O) groups is 2. The maximum Gasteiger partial charge on any atom is 0.305 e. The Morgan fingerprint density at radius 2 is 2.00 bits per heavy atom. The van der Waals surface area contributed by atoms with Crippen molar-refractivity contribution < 1.29 is 14.7 Å². The van der Waals surface area contributed by atoms with E-state index in [0.717, 1.165) is 5.56 Å². The summed E-state index contributed by atoms with van der Waals surface area (Å²) < 4.78 is 0. The van der Waals surface area contributed by atoms with E-state index in [-0.39, 0.29) is 18.9 Å². The molecular formula is C15H16N2O3. The molecule has 5 nitrogen and oxygen atoms in total. The number of rotatable bonds is 6. The fourth-order valence-electron chi connectivity index (χ4n) is 1.60. The van der Waals surface area contributed by atoms with Gasteiger partial charge in [0.05, 0.1) is 18.1 Å². The maximum absolute atomic E-state index is 11.9. The molecule has 1 aromatic rings. The largest absolute Gasteiger partial charge is 0.481 e. The standard InChI is InChI=1S/C15H16N2O3/c1-2-17(10-9-15(19)20)14(18)8-7-12-3-5-13(11-16)6-4-12/h3-8H,2,9-10H2,1H3,(H,19,20)/b8-7+. The number of carbonyl (C=O) groups excluding carboxylic acids is 1. The monoisotopic (exact) mass is 272 g/mol. The highest BCUT2D eigenvalue weighted by Crippen LogP contribution is 2.06. The minimum absolute atomic E-state index is 0.0652. The molecule has 0 radical (unpaired) electrons. The van der Waals surface area contributed by atoms with Crippen molar-refractivity contribution in [1.82, 2.24) is 4.90 Å². The average molecular weight is 272 g/mol. The van der Waals surface area contributed by atoms with Crippen LogP contribution in [0.5, 0.6) is 0 Å². The molecule has 1 aromatic carbocycles. The van der Waals surface area contributed by atoms with Gasteiger partial charge in [0.2, 0.25) is 5.91 Å². The first-order valence-electron chi connectivity index (χ1n) is 6.25. The minimum atomic E-state index is -0.924. The highest BCUT2D eigenvalue weighted by atomic mass is 16.4. The number of benzene rings is 1. The Balaban J connectivity index is 2.64. The van der Waals surface area contributed by atoms with Crippen LogP contribution in [0.15, 0.2) is 30.3 Å². The first kappa shape index (κ1) is 15.4. The summed E-state index contributed by atoms with van der Waals surface area (Å²) >= 11 is 0. The van der Waals surface area contributed by atoms with E-state index in [1.54, 1.807) is 37.3 Å². The molecule has 0 unspecified atom stereocenters. The highest BCUT2D eigenvalue weighted by Gasteiger charge is 2.09. The summed E-state index contributed by atoms with van der Waals surface area (Å²) in [4.78, 5) is 23.8. The van der Waals surface area contributed by atoms with Gasteiger partial charge in [-0.1, -0.05) is 12.1 Å². The third-order valence-electron chi connectivity index (χ3n) is 2.75. The smallest absolute Gasteiger partial charge is 0.305 e. The van der Waals surface area contributed by atoms with Gasteiger partial charge in [-0.05, 0) is 30.7 Å². The molecule has 0 aliphatic rings. The maximum atomic E-state index is 11.9. The molecule has 0 aliphatic carbocycles. The number of amides is 1. The first-order chi connectivity index (χ1) is 9.56. The number of carboxylic acid groups (broad SMARTS) is 1. The van der Waals surface area contributed by atoms with Crippen molar-refractivity contribution in [1.29, 1.82) is 5.26 Å². The average Bonchev–Trinajstić information content (AvgIpc) is 2.46. The van der Waals surface area contributed by atoms with E-state index in [9.17, 15) is 9.59 Å². The van der Waals surface area contributed by atoms with Crippen molar-refractivity contribution in [3.05, 3.63) is 41.5 Å². The van der Waals surface area contributed by atoms with Crippen LogP contribution < -0.4 is 0 Å². The van der Waals surface area contributed by atoms with E-state index in [4.69, 9.17) is 10.4 Å². The first-order valence-corrected chi connectivity index (χ1v) is 6.25. The number of hydrogen-bond donors (Lipinski definition) is 1. The number of carboxylic acids is 1. The number of hydrogen-bond acceptors (Lipinski definition) is 3. The molecule has 1 amide bonds. The lowest BCUT2D eigenvalue weighted by atomic mass is 10.1. The van der Waals surface area contributed by atoms with Gasteiger partial charge < -0.3 is 10.0 Å². The van der Waals surface area contributed by atoms with Gasteiger partial charge in [-0.3, -0.25) is 9.59 Å². The van der Waals surface area contributed by atoms with Gasteiger partial charge in [-0.2, -0.15) is 5.26 Å². The lowest BCUT2D eigenvalue weighted by Gasteiger charge is -2.17. The molecule has 5 heteroatoms. The van der Waals surface area contributed by atoms with Crippen molar-refractivity contribution in [2.24, 2.45) is 0 Å². The number of likely N-dealkylation sites (N-methyl/N-ethyl adjacent to an activating group) is 1. The Labute approximate surface area is 117 Å². The Kier molecular flexibility index (Phi) is 5.98. The fourth-order valence-corrected chi connectivity index (χ4v) is 1.60. The third-order valence-corrected chi connectivity index (χ3v) is 2.75. The summed E-state index contributed by atoms with van der Waals surface area (Å²) in [5.74, 6) is -1.15. The molecule has 0 aliphatic heterocycles. The highest BCUT2D eigenvalue weighted by molar-refractivity contribution is 5.92. The molecule has 0 atom stereocenters. The summed E-state index contributed by atoms with van der Waals surface area (Å²) in [5.41, 5.74) is 1.37. The molecule has 0 spiro atoms. The van der Waals surface area contributed by atoms with Crippen LogP contribution >= 0.6 is 0 Å². The van der Waals surface area contributed by atoms with Crippen LogP contribution in [-0.4, -0.2) is 35.0 Å². The van der Waals surface area contributed by atoms with Crippen LogP contribution in [0.3, 0.4) is 0 Å². The van der Waals surface area contributed by atoms with Crippen molar-refractivity contribution in [2.45, 2.75) is 13.3 Å². The topological polar surface area (TPSA) is 81.4 Å². The quantitative estimate of drug-likeness (QED) is 0.802. The fraction of sp³-hybridized carbons (Fsp3) is 0.267. The van der Waals surface area contributed by atoms with Gasteiger partial charge in [-0.25, -0.2) is 0 Å². The van der Waals surface area contributed by atoms with Gasteiger partial charge in [-0.15, -0.1) is 0 Å². The SMILES string of the molecule is CCN(CCC(=O)O)C(=O)/C=C/c1ccc(C#N)cc1. The summed E-state index contributed by atoms with van der Waals surface area (Å²) in [7, 11) is 0. The van der Waals surface area contributed by atoms with E-state index < -0.39 is 5.97 Å². The van der Waals surface area contributed by atoms with E-state index in [1.807, 2.05) is 6.07 Å². The molecule has 1 rings (SSSR count). The van der Waals surface area contributed by atoms with Crippen LogP contribution in [-0.2, 0) is 9.59 Å². The Morgan fingerprint density at radius 1 is 1.35 bits per heavy atom. The van der Waals surface area contributed by atoms with Gasteiger partial charge in [0.15, 0.2) is 0 Å². The number of nitrogens with zero attached hydrogens (tertiary/aromatic N) is 2. The molecule has 0 aromatic heterocycles. The molecule has 1 N–H and O–H groups in total. The molecule has 0 bridgehead atoms. The molecular weight excluding hydrogens is 256 g/mol. The zero-order chi connectivity index (χ0) is 15.0. The minimum Gasteiger partial charge on any atom is -0.481 e. The Morgan fingerprint density at radius 3 is 2.50 bits per heavy atom. The van der Waals surface area contributed by atoms with Crippen molar-refractivity contribution in [2.75, 3.05) is 13.1 Å². The summed E-state index contributed by atoms with van der Waals surface area (Å²) in [6.45, 7) is 2.46. The third kappa shape index (κ3) is 4.94. The van der Waals surface area contributed by atoms with Crippen LogP contribution in [0.4, 0.5) is 0 Å². The van der Waals surface area contributed by atoms with Crippen LogP contribution in [0.2, 0.25) is 0 Å².